The van der Waals surface area contributed by atoms with E-state index in [1.807, 2.05) is 6.08 Å². The van der Waals surface area contributed by atoms with Gasteiger partial charge in [0.05, 0.1) is 17.9 Å². The lowest BCUT2D eigenvalue weighted by atomic mass is 10.0. The van der Waals surface area contributed by atoms with E-state index >= 15 is 0 Å². The molecule has 38 heavy (non-hydrogen) atoms. The van der Waals surface area contributed by atoms with Gasteiger partial charge in [-0.1, -0.05) is 148 Å². The molecule has 0 saturated heterocycles. The van der Waals surface area contributed by atoms with E-state index in [1.165, 1.54) is 103 Å². The Kier molecular flexibility index (Phi) is 25.7. The minimum atomic E-state index is -4.32. The number of allylic oxidation sites excluding steroid dienone is 1. The molecule has 3 N–H and O–H groups in total. The first-order valence-electron chi connectivity index (χ1n) is 15.9. The zero-order valence-electron chi connectivity index (χ0n) is 24.8. The van der Waals surface area contributed by atoms with Crippen molar-refractivity contribution in [2.75, 3.05) is 5.75 Å². The number of hydrogen-bond donors (Lipinski definition) is 3. The predicted molar refractivity (Wildman–Crippen MR) is 161 cm³/mol. The Hall–Kier alpha value is -0.920. The summed E-state index contributed by atoms with van der Waals surface area (Å²) in [6.07, 6.45) is 29.1. The van der Waals surface area contributed by atoms with E-state index in [4.69, 9.17) is 0 Å². The first kappa shape index (κ1) is 37.1. The number of hydrogen-bond acceptors (Lipinski definition) is 4. The van der Waals surface area contributed by atoms with Gasteiger partial charge in [-0.15, -0.1) is 0 Å². The fraction of sp³-hybridized carbons (Fsp3) is 0.903. The Labute approximate surface area is 235 Å². The highest BCUT2D eigenvalue weighted by Gasteiger charge is 2.24. The van der Waals surface area contributed by atoms with E-state index in [2.05, 4.69) is 19.2 Å². The number of aliphatic hydroxyl groups is 1. The van der Waals surface area contributed by atoms with Crippen LogP contribution < -0.4 is 5.32 Å². The minimum absolute atomic E-state index is 0.282. The fourth-order valence-electron chi connectivity index (χ4n) is 4.80. The molecule has 0 rings (SSSR count). The average molecular weight is 560 g/mol. The highest BCUT2D eigenvalue weighted by molar-refractivity contribution is 7.85. The Morgan fingerprint density at radius 2 is 1.08 bits per heavy atom. The third kappa shape index (κ3) is 26.7. The number of unbranched alkanes of at least 4 members (excludes halogenated alkanes) is 20. The van der Waals surface area contributed by atoms with E-state index in [0.717, 1.165) is 38.5 Å². The van der Waals surface area contributed by atoms with Crippen molar-refractivity contribution >= 4 is 16.0 Å². The van der Waals surface area contributed by atoms with Crippen LogP contribution in [-0.2, 0) is 14.9 Å². The molecule has 0 aromatic heterocycles. The molecule has 6 nitrogen and oxygen atoms in total. The third-order valence-electron chi connectivity index (χ3n) is 7.21. The van der Waals surface area contributed by atoms with Gasteiger partial charge in [0.1, 0.15) is 0 Å². The largest absolute Gasteiger partial charge is 0.387 e. The van der Waals surface area contributed by atoms with Gasteiger partial charge in [-0.05, 0) is 19.3 Å². The second-order valence-corrected chi connectivity index (χ2v) is 12.6. The maximum Gasteiger partial charge on any atom is 0.267 e. The van der Waals surface area contributed by atoms with Gasteiger partial charge in [-0.25, -0.2) is 0 Å². The van der Waals surface area contributed by atoms with E-state index < -0.39 is 28.0 Å². The third-order valence-corrected chi connectivity index (χ3v) is 7.99. The lowest BCUT2D eigenvalue weighted by molar-refractivity contribution is -0.122. The van der Waals surface area contributed by atoms with Crippen LogP contribution >= 0.6 is 0 Å². The molecular weight excluding hydrogens is 498 g/mol. The summed E-state index contributed by atoms with van der Waals surface area (Å²) >= 11 is 0. The molecular formula is C31H61NO5S. The second-order valence-electron chi connectivity index (χ2n) is 11.1. The van der Waals surface area contributed by atoms with Gasteiger partial charge in [0.15, 0.2) is 0 Å². The van der Waals surface area contributed by atoms with Crippen molar-refractivity contribution in [2.24, 2.45) is 0 Å². The standard InChI is InChI=1S/C31H61NO5S/c1-3-5-7-9-11-13-14-15-16-17-19-20-22-24-26-30(33)29(28-38(35,36)37)32-31(34)27-25-23-21-18-12-10-8-6-4-2/h24,26,29-30,33H,3-23,25,27-28H2,1-2H3,(H,32,34)(H,35,36,37)/b26-24+. The van der Waals surface area contributed by atoms with Crippen LogP contribution in [0.15, 0.2) is 12.2 Å². The molecule has 0 aromatic carbocycles. The first-order chi connectivity index (χ1) is 18.3. The number of aliphatic hydroxyl groups excluding tert-OH is 1. The second kappa shape index (κ2) is 26.3. The molecule has 0 bridgehead atoms. The molecule has 0 fully saturated rings. The quantitative estimate of drug-likeness (QED) is 0.0508. The summed E-state index contributed by atoms with van der Waals surface area (Å²) < 4.78 is 32.1. The van der Waals surface area contributed by atoms with Crippen molar-refractivity contribution in [3.8, 4) is 0 Å². The molecule has 1 amide bonds. The number of rotatable bonds is 28. The minimum Gasteiger partial charge on any atom is -0.387 e. The lowest BCUT2D eigenvalue weighted by Gasteiger charge is -2.21. The Balaban J connectivity index is 4.06. The normalized spacial score (nSPS) is 13.7. The molecule has 0 aliphatic heterocycles. The van der Waals surface area contributed by atoms with Crippen LogP contribution in [0.2, 0.25) is 0 Å². The summed E-state index contributed by atoms with van der Waals surface area (Å²) in [6.45, 7) is 4.46. The Morgan fingerprint density at radius 3 is 1.50 bits per heavy atom. The van der Waals surface area contributed by atoms with Crippen LogP contribution in [0.1, 0.15) is 162 Å². The van der Waals surface area contributed by atoms with Gasteiger partial charge in [-0.2, -0.15) is 8.42 Å². The molecule has 226 valence electrons. The van der Waals surface area contributed by atoms with Gasteiger partial charge >= 0.3 is 0 Å². The molecule has 0 aliphatic carbocycles. The lowest BCUT2D eigenvalue weighted by Crippen LogP contribution is -2.46. The van der Waals surface area contributed by atoms with Crippen LogP contribution in [0, 0.1) is 0 Å². The van der Waals surface area contributed by atoms with Crippen molar-refractivity contribution < 1.29 is 22.9 Å². The Morgan fingerprint density at radius 1 is 0.684 bits per heavy atom. The molecule has 0 aliphatic rings. The molecule has 2 unspecified atom stereocenters. The highest BCUT2D eigenvalue weighted by Crippen LogP contribution is 2.13. The van der Waals surface area contributed by atoms with Crippen molar-refractivity contribution in [3.05, 3.63) is 12.2 Å². The van der Waals surface area contributed by atoms with Gasteiger partial charge < -0.3 is 10.4 Å². The molecule has 7 heteroatoms. The van der Waals surface area contributed by atoms with E-state index in [9.17, 15) is 22.9 Å². The molecule has 0 aromatic rings. The molecule has 2 atom stereocenters. The van der Waals surface area contributed by atoms with Gasteiger partial charge in [0, 0.05) is 6.42 Å². The van der Waals surface area contributed by atoms with Crippen LogP contribution in [0.5, 0.6) is 0 Å². The molecule has 0 saturated carbocycles. The van der Waals surface area contributed by atoms with Crippen LogP contribution in [-0.4, -0.2) is 41.9 Å². The monoisotopic (exact) mass is 559 g/mol. The van der Waals surface area contributed by atoms with Crippen LogP contribution in [0.3, 0.4) is 0 Å². The topological polar surface area (TPSA) is 104 Å². The van der Waals surface area contributed by atoms with Crippen molar-refractivity contribution in [3.63, 3.8) is 0 Å². The van der Waals surface area contributed by atoms with Gasteiger partial charge in [-0.3, -0.25) is 9.35 Å². The molecule has 0 spiro atoms. The maximum absolute atomic E-state index is 12.3. The fourth-order valence-corrected chi connectivity index (χ4v) is 5.53. The van der Waals surface area contributed by atoms with Crippen LogP contribution in [0.4, 0.5) is 0 Å². The average Bonchev–Trinajstić information content (AvgIpc) is 2.86. The number of carbonyl (C=O) groups is 1. The summed E-state index contributed by atoms with van der Waals surface area (Å²) in [4.78, 5) is 12.3. The van der Waals surface area contributed by atoms with Gasteiger partial charge in [0.2, 0.25) is 5.91 Å². The van der Waals surface area contributed by atoms with Crippen molar-refractivity contribution in [1.82, 2.24) is 5.32 Å². The predicted octanol–water partition coefficient (Wildman–Crippen LogP) is 8.29. The first-order valence-corrected chi connectivity index (χ1v) is 17.5. The zero-order valence-corrected chi connectivity index (χ0v) is 25.6. The summed E-state index contributed by atoms with van der Waals surface area (Å²) in [5.74, 6) is -0.976. The van der Waals surface area contributed by atoms with Crippen molar-refractivity contribution in [2.45, 2.75) is 174 Å². The summed E-state index contributed by atoms with van der Waals surface area (Å²) in [5, 5.41) is 13.1. The van der Waals surface area contributed by atoms with Gasteiger partial charge in [0.25, 0.3) is 10.1 Å². The zero-order chi connectivity index (χ0) is 28.3. The van der Waals surface area contributed by atoms with E-state index in [0.29, 0.717) is 6.42 Å². The van der Waals surface area contributed by atoms with E-state index in [1.54, 1.807) is 6.08 Å². The highest BCUT2D eigenvalue weighted by atomic mass is 32.2. The Bertz CT molecular complexity index is 665. The number of nitrogens with one attached hydrogen (secondary N) is 1. The summed E-state index contributed by atoms with van der Waals surface area (Å²) in [7, 11) is -4.32. The number of carbonyl (C=O) groups excluding carboxylic acids is 1. The maximum atomic E-state index is 12.3. The number of amides is 1. The molecule has 0 radical (unpaired) electrons. The van der Waals surface area contributed by atoms with E-state index in [-0.39, 0.29) is 5.91 Å². The summed E-state index contributed by atoms with van der Waals surface area (Å²) in [5.41, 5.74) is 0. The smallest absolute Gasteiger partial charge is 0.267 e. The van der Waals surface area contributed by atoms with Crippen molar-refractivity contribution in [1.29, 1.82) is 0 Å². The summed E-state index contributed by atoms with van der Waals surface area (Å²) in [6, 6.07) is -1.05. The van der Waals surface area contributed by atoms with Crippen LogP contribution in [0.25, 0.3) is 0 Å². The SMILES string of the molecule is CCCCCCCCCCCCCC/C=C/C(O)C(CS(=O)(=O)O)NC(=O)CCCCCCCCCCC. The molecule has 0 heterocycles.